The van der Waals surface area contributed by atoms with E-state index >= 15 is 0 Å². The van der Waals surface area contributed by atoms with Crippen LogP contribution in [0.15, 0.2) is 48.5 Å². The number of benzene rings is 2. The van der Waals surface area contributed by atoms with Crippen LogP contribution in [0.5, 0.6) is 0 Å². The molecular formula is C23H30ClN3O4S. The minimum Gasteiger partial charge on any atom is -0.354 e. The van der Waals surface area contributed by atoms with Gasteiger partial charge in [0.2, 0.25) is 21.8 Å². The van der Waals surface area contributed by atoms with Crippen LogP contribution in [0.2, 0.25) is 5.02 Å². The number of halogens is 1. The first-order valence-electron chi connectivity index (χ1n) is 10.4. The summed E-state index contributed by atoms with van der Waals surface area (Å²) in [5.41, 5.74) is 1.72. The van der Waals surface area contributed by atoms with Crippen LogP contribution in [0.25, 0.3) is 0 Å². The summed E-state index contributed by atoms with van der Waals surface area (Å²) in [6.07, 6.45) is 1.81. The van der Waals surface area contributed by atoms with E-state index in [1.165, 1.54) is 4.90 Å². The van der Waals surface area contributed by atoms with E-state index in [1.807, 2.05) is 37.3 Å². The van der Waals surface area contributed by atoms with E-state index in [0.29, 0.717) is 22.8 Å². The first kappa shape index (κ1) is 25.7. The molecule has 0 saturated heterocycles. The lowest BCUT2D eigenvalue weighted by Crippen LogP contribution is -2.51. The van der Waals surface area contributed by atoms with Gasteiger partial charge in [-0.05, 0) is 43.5 Å². The Morgan fingerprint density at radius 3 is 2.34 bits per heavy atom. The fourth-order valence-corrected chi connectivity index (χ4v) is 4.29. The van der Waals surface area contributed by atoms with E-state index < -0.39 is 28.5 Å². The highest BCUT2D eigenvalue weighted by Gasteiger charge is 2.30. The highest BCUT2D eigenvalue weighted by atomic mass is 35.5. The number of nitrogens with zero attached hydrogens (tertiary/aromatic N) is 2. The van der Waals surface area contributed by atoms with Gasteiger partial charge in [-0.15, -0.1) is 0 Å². The van der Waals surface area contributed by atoms with Gasteiger partial charge in [0.25, 0.3) is 0 Å². The molecule has 0 aromatic heterocycles. The number of carbonyl (C=O) groups is 2. The molecule has 0 aliphatic carbocycles. The predicted octanol–water partition coefficient (Wildman–Crippen LogP) is 3.36. The Morgan fingerprint density at radius 1 is 1.09 bits per heavy atom. The Bertz CT molecular complexity index is 1040. The smallest absolute Gasteiger partial charge is 0.244 e. The van der Waals surface area contributed by atoms with Crippen LogP contribution in [0, 0.1) is 6.92 Å². The molecule has 0 fully saturated rings. The quantitative estimate of drug-likeness (QED) is 0.566. The summed E-state index contributed by atoms with van der Waals surface area (Å²) < 4.78 is 26.2. The lowest BCUT2D eigenvalue weighted by molar-refractivity contribution is -0.139. The van der Waals surface area contributed by atoms with Gasteiger partial charge in [0.05, 0.1) is 11.9 Å². The van der Waals surface area contributed by atoms with Crippen LogP contribution in [0.4, 0.5) is 5.69 Å². The summed E-state index contributed by atoms with van der Waals surface area (Å²) in [7, 11) is -3.79. The second kappa shape index (κ2) is 11.3. The third-order valence-electron chi connectivity index (χ3n) is 5.10. The summed E-state index contributed by atoms with van der Waals surface area (Å²) in [6.45, 7) is 5.50. The van der Waals surface area contributed by atoms with Gasteiger partial charge in [-0.25, -0.2) is 8.42 Å². The molecule has 0 radical (unpaired) electrons. The van der Waals surface area contributed by atoms with Crippen LogP contribution in [-0.4, -0.2) is 50.5 Å². The van der Waals surface area contributed by atoms with Crippen molar-refractivity contribution in [1.29, 1.82) is 0 Å². The van der Waals surface area contributed by atoms with Crippen molar-refractivity contribution in [2.24, 2.45) is 0 Å². The first-order chi connectivity index (χ1) is 15.1. The zero-order chi connectivity index (χ0) is 23.9. The van der Waals surface area contributed by atoms with Crippen molar-refractivity contribution in [2.75, 3.05) is 23.7 Å². The number of amides is 2. The van der Waals surface area contributed by atoms with E-state index in [9.17, 15) is 18.0 Å². The van der Waals surface area contributed by atoms with Gasteiger partial charge in [-0.2, -0.15) is 0 Å². The number of nitrogens with one attached hydrogen (secondary N) is 1. The number of hydrogen-bond acceptors (Lipinski definition) is 4. The Labute approximate surface area is 195 Å². The SMILES string of the molecule is CCCNC(=O)[C@@H](C)N(Cc1ccccc1)C(=O)CN(c1cccc(Cl)c1C)S(C)(=O)=O. The van der Waals surface area contributed by atoms with Gasteiger partial charge < -0.3 is 10.2 Å². The monoisotopic (exact) mass is 479 g/mol. The molecule has 9 heteroatoms. The van der Waals surface area contributed by atoms with Crippen LogP contribution >= 0.6 is 11.6 Å². The maximum Gasteiger partial charge on any atom is 0.244 e. The third-order valence-corrected chi connectivity index (χ3v) is 6.64. The van der Waals surface area contributed by atoms with E-state index in [-0.39, 0.29) is 12.5 Å². The van der Waals surface area contributed by atoms with E-state index in [4.69, 9.17) is 11.6 Å². The first-order valence-corrected chi connectivity index (χ1v) is 12.6. The molecule has 1 N–H and O–H groups in total. The molecule has 2 aromatic carbocycles. The Hall–Kier alpha value is -2.58. The molecule has 2 rings (SSSR count). The topological polar surface area (TPSA) is 86.8 Å². The molecule has 0 aliphatic heterocycles. The normalized spacial score (nSPS) is 12.2. The summed E-state index contributed by atoms with van der Waals surface area (Å²) >= 11 is 6.19. The van der Waals surface area contributed by atoms with Gasteiger partial charge in [-0.1, -0.05) is 54.9 Å². The molecule has 7 nitrogen and oxygen atoms in total. The fraction of sp³-hybridized carbons (Fsp3) is 0.391. The Morgan fingerprint density at radius 2 is 1.75 bits per heavy atom. The molecule has 2 aromatic rings. The Balaban J connectivity index is 2.39. The maximum atomic E-state index is 13.4. The van der Waals surface area contributed by atoms with Crippen molar-refractivity contribution >= 4 is 39.1 Å². The van der Waals surface area contributed by atoms with Crippen molar-refractivity contribution in [3.63, 3.8) is 0 Å². The Kier molecular flexibility index (Phi) is 9.09. The van der Waals surface area contributed by atoms with Crippen molar-refractivity contribution in [2.45, 2.75) is 39.8 Å². The van der Waals surface area contributed by atoms with Gasteiger partial charge in [0.15, 0.2) is 0 Å². The van der Waals surface area contributed by atoms with Crippen LogP contribution in [-0.2, 0) is 26.2 Å². The fourth-order valence-electron chi connectivity index (χ4n) is 3.22. The van der Waals surface area contributed by atoms with Crippen molar-refractivity contribution < 1.29 is 18.0 Å². The molecule has 1 atom stereocenters. The lowest BCUT2D eigenvalue weighted by Gasteiger charge is -2.32. The van der Waals surface area contributed by atoms with Crippen molar-refractivity contribution in [3.8, 4) is 0 Å². The number of sulfonamides is 1. The highest BCUT2D eigenvalue weighted by molar-refractivity contribution is 7.92. The second-order valence-corrected chi connectivity index (χ2v) is 9.94. The van der Waals surface area contributed by atoms with E-state index in [1.54, 1.807) is 32.0 Å². The van der Waals surface area contributed by atoms with Gasteiger partial charge in [0.1, 0.15) is 12.6 Å². The summed E-state index contributed by atoms with van der Waals surface area (Å²) in [5.74, 6) is -0.779. The molecule has 32 heavy (non-hydrogen) atoms. The van der Waals surface area contributed by atoms with Crippen LogP contribution < -0.4 is 9.62 Å². The molecule has 2 amide bonds. The van der Waals surface area contributed by atoms with Crippen LogP contribution in [0.1, 0.15) is 31.4 Å². The second-order valence-electron chi connectivity index (χ2n) is 7.63. The predicted molar refractivity (Wildman–Crippen MR) is 128 cm³/mol. The number of carbonyl (C=O) groups excluding carboxylic acids is 2. The van der Waals surface area contributed by atoms with Gasteiger partial charge in [-0.3, -0.25) is 13.9 Å². The molecule has 0 spiro atoms. The molecule has 0 aliphatic rings. The summed E-state index contributed by atoms with van der Waals surface area (Å²) in [4.78, 5) is 27.4. The molecule has 0 unspecified atom stereocenters. The van der Waals surface area contributed by atoms with Gasteiger partial charge >= 0.3 is 0 Å². The van der Waals surface area contributed by atoms with E-state index in [0.717, 1.165) is 22.5 Å². The summed E-state index contributed by atoms with van der Waals surface area (Å²) in [6, 6.07) is 13.4. The van der Waals surface area contributed by atoms with Crippen molar-refractivity contribution in [1.82, 2.24) is 10.2 Å². The molecule has 0 bridgehead atoms. The van der Waals surface area contributed by atoms with Gasteiger partial charge in [0, 0.05) is 18.1 Å². The zero-order valence-corrected chi connectivity index (χ0v) is 20.4. The van der Waals surface area contributed by atoms with Crippen molar-refractivity contribution in [3.05, 3.63) is 64.7 Å². The molecule has 174 valence electrons. The largest absolute Gasteiger partial charge is 0.354 e. The minimum absolute atomic E-state index is 0.173. The van der Waals surface area contributed by atoms with Crippen LogP contribution in [0.3, 0.4) is 0 Å². The number of hydrogen-bond donors (Lipinski definition) is 1. The molecule has 0 saturated carbocycles. The number of anilines is 1. The average molecular weight is 480 g/mol. The molecular weight excluding hydrogens is 450 g/mol. The molecule has 0 heterocycles. The standard InChI is InChI=1S/C23H30ClN3O4S/c1-5-14-25-23(29)18(3)26(15-19-10-7-6-8-11-19)22(28)16-27(32(4,30)31)21-13-9-12-20(24)17(21)2/h6-13,18H,5,14-16H2,1-4H3,(H,25,29)/t18-/m1/s1. The maximum absolute atomic E-state index is 13.4. The summed E-state index contributed by atoms with van der Waals surface area (Å²) in [5, 5.41) is 3.20. The highest BCUT2D eigenvalue weighted by Crippen LogP contribution is 2.28. The van der Waals surface area contributed by atoms with E-state index in [2.05, 4.69) is 5.32 Å². The number of rotatable bonds is 10. The lowest BCUT2D eigenvalue weighted by atomic mass is 10.1. The average Bonchev–Trinajstić information content (AvgIpc) is 2.75. The zero-order valence-electron chi connectivity index (χ0n) is 18.8. The third kappa shape index (κ3) is 6.71. The minimum atomic E-state index is -3.79.